The van der Waals surface area contributed by atoms with Gasteiger partial charge < -0.3 is 14.5 Å². The van der Waals surface area contributed by atoms with Gasteiger partial charge in [0.2, 0.25) is 0 Å². The molecule has 170 valence electrons. The fourth-order valence-corrected chi connectivity index (χ4v) is 3.41. The van der Waals surface area contributed by atoms with Crippen LogP contribution >= 0.6 is 0 Å². The SMILES string of the molecule is COc1ccc(OCc2ccccn2)cc1C=CC(=O)CC(=O)C=Cc1ccc2[nH]ccc2c1. The average molecular weight is 453 g/mol. The summed E-state index contributed by atoms with van der Waals surface area (Å²) in [5, 5.41) is 1.06. The second kappa shape index (κ2) is 10.9. The zero-order chi connectivity index (χ0) is 23.8. The van der Waals surface area contributed by atoms with E-state index in [2.05, 4.69) is 9.97 Å². The third kappa shape index (κ3) is 6.07. The van der Waals surface area contributed by atoms with Gasteiger partial charge in [0, 0.05) is 23.5 Å². The van der Waals surface area contributed by atoms with Crippen molar-refractivity contribution in [3.63, 3.8) is 0 Å². The standard InChI is InChI=1S/C28H24N2O4/c1-33-28-12-10-26(34-19-23-4-2-3-14-29-23)17-22(28)7-9-25(32)18-24(31)8-5-20-6-11-27-21(16-20)13-15-30-27/h2-17,30H,18-19H2,1H3. The molecule has 0 bridgehead atoms. The molecule has 2 aromatic carbocycles. The Labute approximate surface area is 197 Å². The van der Waals surface area contributed by atoms with Crippen molar-refractivity contribution in [3.05, 3.63) is 102 Å². The van der Waals surface area contributed by atoms with E-state index >= 15 is 0 Å². The molecule has 0 atom stereocenters. The van der Waals surface area contributed by atoms with Crippen LogP contribution < -0.4 is 9.47 Å². The molecule has 0 spiro atoms. The number of benzene rings is 2. The maximum Gasteiger partial charge on any atom is 0.163 e. The summed E-state index contributed by atoms with van der Waals surface area (Å²) in [6, 6.07) is 18.8. The Balaban J connectivity index is 1.36. The number of nitrogens with one attached hydrogen (secondary N) is 1. The normalized spacial score (nSPS) is 11.3. The monoisotopic (exact) mass is 452 g/mol. The van der Waals surface area contributed by atoms with Crippen molar-refractivity contribution >= 4 is 34.6 Å². The first-order valence-electron chi connectivity index (χ1n) is 10.8. The van der Waals surface area contributed by atoms with Gasteiger partial charge in [-0.05, 0) is 77.7 Å². The molecular weight excluding hydrogens is 428 g/mol. The second-order valence-corrected chi connectivity index (χ2v) is 7.61. The molecule has 6 heteroatoms. The number of allylic oxidation sites excluding steroid dienone is 2. The van der Waals surface area contributed by atoms with E-state index in [1.165, 1.54) is 12.2 Å². The molecule has 0 aliphatic heterocycles. The van der Waals surface area contributed by atoms with Crippen LogP contribution in [0.3, 0.4) is 0 Å². The van der Waals surface area contributed by atoms with Gasteiger partial charge in [0.05, 0.1) is 19.2 Å². The minimum Gasteiger partial charge on any atom is -0.496 e. The summed E-state index contributed by atoms with van der Waals surface area (Å²) in [6.07, 6.45) is 9.54. The van der Waals surface area contributed by atoms with Crippen LogP contribution in [0.1, 0.15) is 23.2 Å². The summed E-state index contributed by atoms with van der Waals surface area (Å²) in [4.78, 5) is 32.0. The molecule has 1 N–H and O–H groups in total. The smallest absolute Gasteiger partial charge is 0.163 e. The maximum absolute atomic E-state index is 12.3. The summed E-state index contributed by atoms with van der Waals surface area (Å²) in [5.74, 6) is 0.665. The topological polar surface area (TPSA) is 81.3 Å². The molecule has 0 saturated carbocycles. The van der Waals surface area contributed by atoms with Crippen molar-refractivity contribution in [3.8, 4) is 11.5 Å². The van der Waals surface area contributed by atoms with Crippen LogP contribution in [0.2, 0.25) is 0 Å². The van der Waals surface area contributed by atoms with E-state index in [0.717, 1.165) is 22.2 Å². The Morgan fingerprint density at radius 1 is 0.971 bits per heavy atom. The number of rotatable bonds is 10. The highest BCUT2D eigenvalue weighted by Gasteiger charge is 2.07. The Kier molecular flexibility index (Phi) is 7.30. The molecule has 0 unspecified atom stereocenters. The summed E-state index contributed by atoms with van der Waals surface area (Å²) in [5.41, 5.74) is 3.42. The van der Waals surface area contributed by atoms with Gasteiger partial charge >= 0.3 is 0 Å². The number of carbonyl (C=O) groups excluding carboxylic acids is 2. The molecule has 0 saturated heterocycles. The Morgan fingerprint density at radius 2 is 1.82 bits per heavy atom. The van der Waals surface area contributed by atoms with Crippen molar-refractivity contribution < 1.29 is 19.1 Å². The van der Waals surface area contributed by atoms with Gasteiger partial charge in [-0.25, -0.2) is 0 Å². The first-order valence-corrected chi connectivity index (χ1v) is 10.8. The molecule has 4 aromatic rings. The molecule has 2 aromatic heterocycles. The number of ketones is 2. The third-order valence-corrected chi connectivity index (χ3v) is 5.15. The van der Waals surface area contributed by atoms with E-state index in [4.69, 9.17) is 9.47 Å². The first-order chi connectivity index (χ1) is 16.6. The Bertz CT molecular complexity index is 1350. The predicted octanol–water partition coefficient (Wildman–Crippen LogP) is 5.41. The van der Waals surface area contributed by atoms with E-state index in [1.54, 1.807) is 43.7 Å². The van der Waals surface area contributed by atoms with E-state index in [9.17, 15) is 9.59 Å². The first kappa shape index (κ1) is 22.7. The number of aromatic amines is 1. The predicted molar refractivity (Wildman–Crippen MR) is 133 cm³/mol. The van der Waals surface area contributed by atoms with Crippen molar-refractivity contribution in [1.29, 1.82) is 0 Å². The van der Waals surface area contributed by atoms with Crippen LogP contribution in [-0.4, -0.2) is 28.6 Å². The summed E-state index contributed by atoms with van der Waals surface area (Å²) in [6.45, 7) is 0.326. The average Bonchev–Trinajstić information content (AvgIpc) is 3.33. The molecule has 0 amide bonds. The van der Waals surface area contributed by atoms with Gasteiger partial charge in [-0.3, -0.25) is 14.6 Å². The van der Waals surface area contributed by atoms with Gasteiger partial charge in [-0.2, -0.15) is 0 Å². The van der Waals surface area contributed by atoms with Gasteiger partial charge in [0.15, 0.2) is 11.6 Å². The van der Waals surface area contributed by atoms with Crippen molar-refractivity contribution in [1.82, 2.24) is 9.97 Å². The largest absolute Gasteiger partial charge is 0.496 e. The lowest BCUT2D eigenvalue weighted by molar-refractivity contribution is -0.121. The van der Waals surface area contributed by atoms with Crippen molar-refractivity contribution in [2.24, 2.45) is 0 Å². The number of methoxy groups -OCH3 is 1. The quantitative estimate of drug-likeness (QED) is 0.257. The third-order valence-electron chi connectivity index (χ3n) is 5.15. The van der Waals surface area contributed by atoms with E-state index in [1.807, 2.05) is 48.7 Å². The van der Waals surface area contributed by atoms with Gasteiger partial charge in [-0.15, -0.1) is 0 Å². The number of carbonyl (C=O) groups is 2. The van der Waals surface area contributed by atoms with Crippen LogP contribution in [0.15, 0.2) is 85.2 Å². The van der Waals surface area contributed by atoms with Gasteiger partial charge in [0.1, 0.15) is 18.1 Å². The number of hydrogen-bond donors (Lipinski definition) is 1. The molecule has 4 rings (SSSR count). The molecule has 0 aliphatic carbocycles. The van der Waals surface area contributed by atoms with Crippen LogP contribution in [0, 0.1) is 0 Å². The van der Waals surface area contributed by atoms with Crippen LogP contribution in [-0.2, 0) is 16.2 Å². The molecular formula is C28H24N2O4. The number of fused-ring (bicyclic) bond motifs is 1. The lowest BCUT2D eigenvalue weighted by Crippen LogP contribution is -2.02. The van der Waals surface area contributed by atoms with Crippen LogP contribution in [0.5, 0.6) is 11.5 Å². The number of pyridine rings is 1. The zero-order valence-corrected chi connectivity index (χ0v) is 18.7. The van der Waals surface area contributed by atoms with Crippen molar-refractivity contribution in [2.45, 2.75) is 13.0 Å². The number of aromatic nitrogens is 2. The molecule has 0 radical (unpaired) electrons. The summed E-state index contributed by atoms with van der Waals surface area (Å²) in [7, 11) is 1.56. The Morgan fingerprint density at radius 3 is 2.62 bits per heavy atom. The lowest BCUT2D eigenvalue weighted by atomic mass is 10.1. The molecule has 2 heterocycles. The summed E-state index contributed by atoms with van der Waals surface area (Å²) < 4.78 is 11.2. The summed E-state index contributed by atoms with van der Waals surface area (Å²) >= 11 is 0. The van der Waals surface area contributed by atoms with E-state index in [0.29, 0.717) is 23.7 Å². The lowest BCUT2D eigenvalue weighted by Gasteiger charge is -2.09. The van der Waals surface area contributed by atoms with Gasteiger partial charge in [0.25, 0.3) is 0 Å². The van der Waals surface area contributed by atoms with E-state index in [-0.39, 0.29) is 18.0 Å². The minimum absolute atomic E-state index is 0.211. The highest BCUT2D eigenvalue weighted by atomic mass is 16.5. The fourth-order valence-electron chi connectivity index (χ4n) is 3.41. The highest BCUT2D eigenvalue weighted by molar-refractivity contribution is 6.11. The highest BCUT2D eigenvalue weighted by Crippen LogP contribution is 2.26. The fraction of sp³-hybridized carbons (Fsp3) is 0.107. The molecule has 0 fully saturated rings. The minimum atomic E-state index is -0.294. The van der Waals surface area contributed by atoms with Crippen LogP contribution in [0.25, 0.3) is 23.1 Å². The Hall–Kier alpha value is -4.45. The molecule has 6 nitrogen and oxygen atoms in total. The van der Waals surface area contributed by atoms with Gasteiger partial charge in [-0.1, -0.05) is 18.2 Å². The number of H-pyrrole nitrogens is 1. The molecule has 34 heavy (non-hydrogen) atoms. The van der Waals surface area contributed by atoms with E-state index < -0.39 is 0 Å². The second-order valence-electron chi connectivity index (χ2n) is 7.61. The van der Waals surface area contributed by atoms with Crippen LogP contribution in [0.4, 0.5) is 0 Å². The maximum atomic E-state index is 12.3. The number of nitrogens with zero attached hydrogens (tertiary/aromatic N) is 1. The molecule has 0 aliphatic rings. The van der Waals surface area contributed by atoms with Crippen molar-refractivity contribution in [2.75, 3.05) is 7.11 Å². The number of ether oxygens (including phenoxy) is 2. The zero-order valence-electron chi connectivity index (χ0n) is 18.7. The number of hydrogen-bond acceptors (Lipinski definition) is 5.